The third-order valence-electron chi connectivity index (χ3n) is 6.88. The van der Waals surface area contributed by atoms with Gasteiger partial charge in [-0.15, -0.1) is 0 Å². The minimum atomic E-state index is -3.87. The number of H-pyrrole nitrogens is 1. The van der Waals surface area contributed by atoms with Crippen molar-refractivity contribution in [1.29, 1.82) is 0 Å². The van der Waals surface area contributed by atoms with Gasteiger partial charge < -0.3 is 9.40 Å². The molecule has 0 amide bonds. The van der Waals surface area contributed by atoms with E-state index in [0.717, 1.165) is 33.2 Å². The van der Waals surface area contributed by atoms with Gasteiger partial charge in [-0.1, -0.05) is 72.3 Å². The number of anilines is 1. The van der Waals surface area contributed by atoms with Crippen LogP contribution < -0.4 is 4.72 Å². The summed E-state index contributed by atoms with van der Waals surface area (Å²) in [6, 6.07) is 30.6. The molecular formula is C31H26N2O3S. The van der Waals surface area contributed by atoms with Crippen LogP contribution in [0.1, 0.15) is 33.9 Å². The molecular weight excluding hydrogens is 480 g/mol. The minimum absolute atomic E-state index is 0.203. The molecule has 1 unspecified atom stereocenters. The molecule has 0 saturated carbocycles. The van der Waals surface area contributed by atoms with Crippen LogP contribution in [0.25, 0.3) is 21.9 Å². The number of aromatic amines is 1. The second-order valence-corrected chi connectivity index (χ2v) is 11.0. The van der Waals surface area contributed by atoms with Gasteiger partial charge >= 0.3 is 0 Å². The summed E-state index contributed by atoms with van der Waals surface area (Å²) in [6.07, 6.45) is 1.99. The molecule has 0 bridgehead atoms. The highest BCUT2D eigenvalue weighted by atomic mass is 32.2. The van der Waals surface area contributed by atoms with Crippen molar-refractivity contribution >= 4 is 37.6 Å². The molecule has 0 radical (unpaired) electrons. The fourth-order valence-electron chi connectivity index (χ4n) is 4.98. The van der Waals surface area contributed by atoms with Crippen molar-refractivity contribution in [3.05, 3.63) is 131 Å². The van der Waals surface area contributed by atoms with Gasteiger partial charge in [0.15, 0.2) is 0 Å². The molecule has 1 atom stereocenters. The smallest absolute Gasteiger partial charge is 0.262 e. The number of aryl methyl sites for hydroxylation is 2. The zero-order valence-electron chi connectivity index (χ0n) is 20.5. The summed E-state index contributed by atoms with van der Waals surface area (Å²) in [5, 5.41) is 1.77. The first-order chi connectivity index (χ1) is 17.9. The summed E-state index contributed by atoms with van der Waals surface area (Å²) in [5.41, 5.74) is 6.22. The number of furan rings is 1. The highest BCUT2D eigenvalue weighted by molar-refractivity contribution is 7.92. The molecule has 2 aromatic heterocycles. The van der Waals surface area contributed by atoms with Gasteiger partial charge in [0.25, 0.3) is 10.0 Å². The molecule has 184 valence electrons. The van der Waals surface area contributed by atoms with Gasteiger partial charge in [0.2, 0.25) is 0 Å². The molecule has 2 N–H and O–H groups in total. The molecule has 5 nitrogen and oxygen atoms in total. The average Bonchev–Trinajstić information content (AvgIpc) is 3.48. The van der Waals surface area contributed by atoms with Gasteiger partial charge in [0, 0.05) is 22.5 Å². The summed E-state index contributed by atoms with van der Waals surface area (Å²) in [5.74, 6) is 0.205. The quantitative estimate of drug-likeness (QED) is 0.245. The van der Waals surface area contributed by atoms with Gasteiger partial charge in [-0.2, -0.15) is 0 Å². The van der Waals surface area contributed by atoms with Crippen molar-refractivity contribution < 1.29 is 12.8 Å². The second kappa shape index (κ2) is 8.98. The van der Waals surface area contributed by atoms with E-state index in [1.165, 1.54) is 0 Å². The Kier molecular flexibility index (Phi) is 5.61. The number of para-hydroxylation sites is 2. The van der Waals surface area contributed by atoms with E-state index in [9.17, 15) is 8.42 Å². The Bertz CT molecular complexity index is 1850. The largest absolute Gasteiger partial charge is 0.458 e. The third kappa shape index (κ3) is 4.09. The first-order valence-corrected chi connectivity index (χ1v) is 13.6. The Balaban J connectivity index is 1.61. The molecule has 37 heavy (non-hydrogen) atoms. The van der Waals surface area contributed by atoms with Crippen molar-refractivity contribution in [1.82, 2.24) is 4.98 Å². The van der Waals surface area contributed by atoms with Crippen molar-refractivity contribution in [2.24, 2.45) is 0 Å². The van der Waals surface area contributed by atoms with Crippen LogP contribution in [-0.4, -0.2) is 13.4 Å². The number of sulfonamides is 1. The summed E-state index contributed by atoms with van der Waals surface area (Å²) in [6.45, 7) is 4.00. The number of aromatic nitrogens is 1. The van der Waals surface area contributed by atoms with Crippen molar-refractivity contribution in [2.45, 2.75) is 24.7 Å². The summed E-state index contributed by atoms with van der Waals surface area (Å²) >= 11 is 0. The summed E-state index contributed by atoms with van der Waals surface area (Å²) < 4.78 is 36.5. The maximum Gasteiger partial charge on any atom is 0.262 e. The lowest BCUT2D eigenvalue weighted by Gasteiger charge is -2.20. The zero-order chi connectivity index (χ0) is 25.6. The molecule has 4 aromatic carbocycles. The first kappa shape index (κ1) is 23.1. The molecule has 0 fully saturated rings. The molecule has 2 heterocycles. The molecule has 6 rings (SSSR count). The topological polar surface area (TPSA) is 75.1 Å². The predicted molar refractivity (Wildman–Crippen MR) is 149 cm³/mol. The number of nitrogens with one attached hydrogen (secondary N) is 2. The van der Waals surface area contributed by atoms with Crippen LogP contribution in [0.15, 0.2) is 113 Å². The number of fused-ring (bicyclic) bond motifs is 2. The van der Waals surface area contributed by atoms with E-state index in [4.69, 9.17) is 4.42 Å². The fourth-order valence-corrected chi connectivity index (χ4v) is 6.07. The van der Waals surface area contributed by atoms with E-state index in [1.54, 1.807) is 24.3 Å². The van der Waals surface area contributed by atoms with Gasteiger partial charge in [0.1, 0.15) is 11.3 Å². The Hall–Kier alpha value is -4.29. The Morgan fingerprint density at radius 1 is 0.757 bits per heavy atom. The lowest BCUT2D eigenvalue weighted by molar-refractivity contribution is 0.543. The number of hydrogen-bond donors (Lipinski definition) is 2. The van der Waals surface area contributed by atoms with E-state index >= 15 is 0 Å². The first-order valence-electron chi connectivity index (χ1n) is 12.1. The Morgan fingerprint density at radius 2 is 1.43 bits per heavy atom. The van der Waals surface area contributed by atoms with Crippen LogP contribution in [-0.2, 0) is 10.0 Å². The third-order valence-corrected chi connectivity index (χ3v) is 8.25. The summed E-state index contributed by atoms with van der Waals surface area (Å²) in [4.78, 5) is 3.58. The fraction of sp³-hybridized carbons (Fsp3) is 0.0968. The van der Waals surface area contributed by atoms with Gasteiger partial charge in [0.05, 0.1) is 16.5 Å². The predicted octanol–water partition coefficient (Wildman–Crippen LogP) is 7.51. The highest BCUT2D eigenvalue weighted by Crippen LogP contribution is 2.45. The standard InChI is InChI=1S/C31H26N2O3S/c1-20-15-17-22(18-16-20)37(34,35)33-30-25-12-6-8-14-28(25)36-31(30)29(23-10-4-3-9-21(23)2)26-19-32-27-13-7-5-11-24(26)27/h3-19,29,32-33H,1-2H3. The zero-order valence-corrected chi connectivity index (χ0v) is 21.3. The van der Waals surface area contributed by atoms with E-state index in [0.29, 0.717) is 22.4 Å². The van der Waals surface area contributed by atoms with Crippen LogP contribution in [0.2, 0.25) is 0 Å². The Morgan fingerprint density at radius 3 is 2.22 bits per heavy atom. The molecule has 0 saturated heterocycles. The molecule has 6 heteroatoms. The number of hydrogen-bond acceptors (Lipinski definition) is 3. The van der Waals surface area contributed by atoms with E-state index in [-0.39, 0.29) is 10.8 Å². The van der Waals surface area contributed by atoms with Crippen LogP contribution in [0.3, 0.4) is 0 Å². The molecule has 0 aliphatic rings. The maximum atomic E-state index is 13.6. The SMILES string of the molecule is Cc1ccc(S(=O)(=O)Nc2c(C(c3ccccc3C)c3c[nH]c4ccccc34)oc3ccccc23)cc1. The van der Waals surface area contributed by atoms with Crippen molar-refractivity contribution in [3.63, 3.8) is 0 Å². The molecule has 0 aliphatic carbocycles. The van der Waals surface area contributed by atoms with Crippen LogP contribution in [0, 0.1) is 13.8 Å². The summed E-state index contributed by atoms with van der Waals surface area (Å²) in [7, 11) is -3.87. The normalized spacial score (nSPS) is 12.7. The van der Waals surface area contributed by atoms with Crippen LogP contribution >= 0.6 is 0 Å². The number of benzene rings is 4. The highest BCUT2D eigenvalue weighted by Gasteiger charge is 2.31. The van der Waals surface area contributed by atoms with Crippen molar-refractivity contribution in [2.75, 3.05) is 4.72 Å². The van der Waals surface area contributed by atoms with Crippen molar-refractivity contribution in [3.8, 4) is 0 Å². The second-order valence-electron chi connectivity index (χ2n) is 9.34. The van der Waals surface area contributed by atoms with Crippen LogP contribution in [0.5, 0.6) is 0 Å². The lowest BCUT2D eigenvalue weighted by atomic mass is 9.85. The monoisotopic (exact) mass is 506 g/mol. The number of rotatable bonds is 6. The average molecular weight is 507 g/mol. The Labute approximate surface area is 215 Å². The van der Waals surface area contributed by atoms with E-state index in [1.807, 2.05) is 67.7 Å². The van der Waals surface area contributed by atoms with Gasteiger partial charge in [-0.05, 0) is 60.9 Å². The van der Waals surface area contributed by atoms with E-state index < -0.39 is 10.0 Å². The molecule has 0 spiro atoms. The van der Waals surface area contributed by atoms with Crippen LogP contribution in [0.4, 0.5) is 5.69 Å². The molecule has 6 aromatic rings. The van der Waals surface area contributed by atoms with Gasteiger partial charge in [-0.3, -0.25) is 4.72 Å². The minimum Gasteiger partial charge on any atom is -0.458 e. The maximum absolute atomic E-state index is 13.6. The van der Waals surface area contributed by atoms with Gasteiger partial charge in [-0.25, -0.2) is 8.42 Å². The van der Waals surface area contributed by atoms with E-state index in [2.05, 4.69) is 34.8 Å². The lowest BCUT2D eigenvalue weighted by Crippen LogP contribution is -2.15. The molecule has 0 aliphatic heterocycles.